The molecule has 2 N–H and O–H groups in total. The molecule has 0 unspecified atom stereocenters. The van der Waals surface area contributed by atoms with Crippen molar-refractivity contribution in [2.24, 2.45) is 5.92 Å². The van der Waals surface area contributed by atoms with E-state index in [1.807, 2.05) is 53.4 Å². The zero-order chi connectivity index (χ0) is 23.5. The van der Waals surface area contributed by atoms with Gasteiger partial charge in [-0.1, -0.05) is 18.2 Å². The number of benzene rings is 2. The van der Waals surface area contributed by atoms with E-state index >= 15 is 0 Å². The molecular formula is C26H31N5O3. The summed E-state index contributed by atoms with van der Waals surface area (Å²) in [6.07, 6.45) is 3.92. The number of para-hydroxylation sites is 1. The number of nitrogens with zero attached hydrogens (tertiary/aromatic N) is 3. The number of amides is 4. The Labute approximate surface area is 199 Å². The highest BCUT2D eigenvalue weighted by Gasteiger charge is 2.31. The molecule has 5 rings (SSSR count). The number of carbonyl (C=O) groups is 3. The lowest BCUT2D eigenvalue weighted by Gasteiger charge is -2.37. The third-order valence-corrected chi connectivity index (χ3v) is 6.77. The van der Waals surface area contributed by atoms with E-state index in [0.29, 0.717) is 37.4 Å². The van der Waals surface area contributed by atoms with Crippen LogP contribution in [0.3, 0.4) is 0 Å². The Balaban J connectivity index is 1.29. The van der Waals surface area contributed by atoms with Crippen molar-refractivity contribution in [1.29, 1.82) is 0 Å². The van der Waals surface area contributed by atoms with E-state index in [9.17, 15) is 14.4 Å². The molecule has 2 aliphatic heterocycles. The van der Waals surface area contributed by atoms with Crippen molar-refractivity contribution in [1.82, 2.24) is 9.80 Å². The lowest BCUT2D eigenvalue weighted by Crippen LogP contribution is -2.50. The summed E-state index contributed by atoms with van der Waals surface area (Å²) < 4.78 is 0. The molecule has 4 amide bonds. The maximum Gasteiger partial charge on any atom is 0.321 e. The molecule has 3 aliphatic rings. The fraction of sp³-hybridized carbons (Fsp3) is 0.423. The number of piperazine rings is 1. The first-order chi connectivity index (χ1) is 16.6. The highest BCUT2D eigenvalue weighted by molar-refractivity contribution is 6.02. The van der Waals surface area contributed by atoms with E-state index in [4.69, 9.17) is 0 Å². The van der Waals surface area contributed by atoms with Gasteiger partial charge in [-0.3, -0.25) is 9.59 Å². The molecule has 34 heavy (non-hydrogen) atoms. The predicted octanol–water partition coefficient (Wildman–Crippen LogP) is 3.63. The average molecular weight is 462 g/mol. The van der Waals surface area contributed by atoms with Gasteiger partial charge in [-0.05, 0) is 56.0 Å². The third-order valence-electron chi connectivity index (χ3n) is 6.77. The number of likely N-dealkylation sites (tertiary alicyclic amines) is 1. The van der Waals surface area contributed by atoms with Crippen LogP contribution >= 0.6 is 0 Å². The minimum Gasteiger partial charge on any atom is -0.367 e. The van der Waals surface area contributed by atoms with E-state index in [1.54, 1.807) is 4.90 Å². The summed E-state index contributed by atoms with van der Waals surface area (Å²) in [5.74, 6) is 0.150. The summed E-state index contributed by atoms with van der Waals surface area (Å²) in [5, 5.41) is 5.92. The average Bonchev–Trinajstić information content (AvgIpc) is 3.58. The van der Waals surface area contributed by atoms with Crippen LogP contribution in [0.1, 0.15) is 36.0 Å². The van der Waals surface area contributed by atoms with Crippen molar-refractivity contribution >= 4 is 34.9 Å². The van der Waals surface area contributed by atoms with E-state index < -0.39 is 0 Å². The minimum atomic E-state index is -0.114. The van der Waals surface area contributed by atoms with E-state index in [1.165, 1.54) is 0 Å². The number of urea groups is 1. The number of hydrogen-bond donors (Lipinski definition) is 2. The van der Waals surface area contributed by atoms with Gasteiger partial charge in [-0.2, -0.15) is 0 Å². The smallest absolute Gasteiger partial charge is 0.321 e. The van der Waals surface area contributed by atoms with E-state index in [0.717, 1.165) is 50.1 Å². The van der Waals surface area contributed by atoms with E-state index in [-0.39, 0.29) is 23.8 Å². The predicted molar refractivity (Wildman–Crippen MR) is 132 cm³/mol. The summed E-state index contributed by atoms with van der Waals surface area (Å²) in [4.78, 5) is 44.2. The Morgan fingerprint density at radius 2 is 1.44 bits per heavy atom. The zero-order valence-corrected chi connectivity index (χ0v) is 19.3. The molecule has 0 spiro atoms. The molecule has 1 aliphatic carbocycles. The first-order valence-corrected chi connectivity index (χ1v) is 12.2. The largest absolute Gasteiger partial charge is 0.367 e. The SMILES string of the molecule is O=C(Nc1ccc(N2CCN(C(=O)Nc3ccccc3)CC2)c(C(=O)N2CCCC2)c1)C1CC1. The number of anilines is 3. The highest BCUT2D eigenvalue weighted by Crippen LogP contribution is 2.32. The van der Waals surface area contributed by atoms with Crippen LogP contribution < -0.4 is 15.5 Å². The molecule has 1 saturated carbocycles. The molecule has 2 aromatic rings. The van der Waals surface area contributed by atoms with Gasteiger partial charge in [0.05, 0.1) is 5.56 Å². The molecule has 0 atom stereocenters. The number of nitrogens with one attached hydrogen (secondary N) is 2. The van der Waals surface area contributed by atoms with Crippen LogP contribution in [0.4, 0.5) is 21.9 Å². The first-order valence-electron chi connectivity index (χ1n) is 12.2. The van der Waals surface area contributed by atoms with Gasteiger partial charge in [0.1, 0.15) is 0 Å². The van der Waals surface area contributed by atoms with Crippen molar-refractivity contribution in [3.8, 4) is 0 Å². The molecule has 2 aromatic carbocycles. The van der Waals surface area contributed by atoms with Crippen LogP contribution in [0.5, 0.6) is 0 Å². The molecule has 2 saturated heterocycles. The highest BCUT2D eigenvalue weighted by atomic mass is 16.2. The van der Waals surface area contributed by atoms with Crippen LogP contribution in [0.15, 0.2) is 48.5 Å². The third kappa shape index (κ3) is 5.00. The zero-order valence-electron chi connectivity index (χ0n) is 19.3. The van der Waals surface area contributed by atoms with Gasteiger partial charge in [0.15, 0.2) is 0 Å². The van der Waals surface area contributed by atoms with Crippen LogP contribution in [0.2, 0.25) is 0 Å². The van der Waals surface area contributed by atoms with Crippen molar-refractivity contribution in [3.05, 3.63) is 54.1 Å². The van der Waals surface area contributed by atoms with Crippen LogP contribution in [-0.2, 0) is 4.79 Å². The fourth-order valence-corrected chi connectivity index (χ4v) is 4.62. The lowest BCUT2D eigenvalue weighted by molar-refractivity contribution is -0.117. The molecule has 8 heteroatoms. The van der Waals surface area contributed by atoms with Crippen LogP contribution in [-0.4, -0.2) is 66.9 Å². The Morgan fingerprint density at radius 3 is 2.12 bits per heavy atom. The summed E-state index contributed by atoms with van der Waals surface area (Å²) in [6, 6.07) is 15.0. The lowest BCUT2D eigenvalue weighted by atomic mass is 10.1. The molecular weight excluding hydrogens is 430 g/mol. The second kappa shape index (κ2) is 9.75. The van der Waals surface area contributed by atoms with Gasteiger partial charge in [0.2, 0.25) is 5.91 Å². The molecule has 8 nitrogen and oxygen atoms in total. The standard InChI is InChI=1S/C26H31N5O3/c32-24(19-8-9-19)27-21-10-11-23(22(18-21)25(33)30-12-4-5-13-30)29-14-16-31(17-15-29)26(34)28-20-6-2-1-3-7-20/h1-3,6-7,10-11,18-19H,4-5,8-9,12-17H2,(H,27,32)(H,28,34). The summed E-state index contributed by atoms with van der Waals surface area (Å²) >= 11 is 0. The van der Waals surface area contributed by atoms with Gasteiger partial charge in [0, 0.05) is 62.2 Å². The van der Waals surface area contributed by atoms with Crippen molar-refractivity contribution < 1.29 is 14.4 Å². The fourth-order valence-electron chi connectivity index (χ4n) is 4.62. The molecule has 3 fully saturated rings. The van der Waals surface area contributed by atoms with Crippen LogP contribution in [0.25, 0.3) is 0 Å². The summed E-state index contributed by atoms with van der Waals surface area (Å²) in [5.41, 5.74) is 2.93. The van der Waals surface area contributed by atoms with Gasteiger partial charge < -0.3 is 25.3 Å². The maximum atomic E-state index is 13.4. The van der Waals surface area contributed by atoms with E-state index in [2.05, 4.69) is 15.5 Å². The second-order valence-electron chi connectivity index (χ2n) is 9.27. The summed E-state index contributed by atoms with van der Waals surface area (Å²) in [7, 11) is 0. The Kier molecular flexibility index (Phi) is 6.38. The quantitative estimate of drug-likeness (QED) is 0.712. The number of hydrogen-bond acceptors (Lipinski definition) is 4. The van der Waals surface area contributed by atoms with Crippen molar-refractivity contribution in [2.45, 2.75) is 25.7 Å². The first kappa shape index (κ1) is 22.3. The monoisotopic (exact) mass is 461 g/mol. The second-order valence-corrected chi connectivity index (χ2v) is 9.27. The molecule has 0 bridgehead atoms. The normalized spacial score (nSPS) is 18.1. The number of rotatable bonds is 5. The molecule has 2 heterocycles. The molecule has 0 radical (unpaired) electrons. The Bertz CT molecular complexity index is 1060. The topological polar surface area (TPSA) is 85.0 Å². The maximum absolute atomic E-state index is 13.4. The number of carbonyl (C=O) groups excluding carboxylic acids is 3. The van der Waals surface area contributed by atoms with Gasteiger partial charge >= 0.3 is 6.03 Å². The summed E-state index contributed by atoms with van der Waals surface area (Å²) in [6.45, 7) is 3.94. The van der Waals surface area contributed by atoms with Crippen molar-refractivity contribution in [3.63, 3.8) is 0 Å². The Morgan fingerprint density at radius 1 is 0.735 bits per heavy atom. The Hall–Kier alpha value is -3.55. The molecule has 178 valence electrons. The van der Waals surface area contributed by atoms with Crippen LogP contribution in [0, 0.1) is 5.92 Å². The van der Waals surface area contributed by atoms with Crippen molar-refractivity contribution in [2.75, 3.05) is 54.8 Å². The van der Waals surface area contributed by atoms with Gasteiger partial charge in [0.25, 0.3) is 5.91 Å². The molecule has 0 aromatic heterocycles. The van der Waals surface area contributed by atoms with Gasteiger partial charge in [-0.25, -0.2) is 4.79 Å². The van der Waals surface area contributed by atoms with Gasteiger partial charge in [-0.15, -0.1) is 0 Å². The minimum absolute atomic E-state index is 0.0132.